The third-order valence-corrected chi connectivity index (χ3v) is 9.54. The summed E-state index contributed by atoms with van der Waals surface area (Å²) < 4.78 is 17.7. The van der Waals surface area contributed by atoms with E-state index >= 15 is 0 Å². The van der Waals surface area contributed by atoms with Gasteiger partial charge in [-0.15, -0.1) is 0 Å². The Labute approximate surface area is 278 Å². The quantitative estimate of drug-likeness (QED) is 0.0678. The number of hydrogen-bond acceptors (Lipinski definition) is 9. The van der Waals surface area contributed by atoms with Crippen LogP contribution < -0.4 is 25.4 Å². The van der Waals surface area contributed by atoms with Gasteiger partial charge >= 0.3 is 8.53 Å². The van der Waals surface area contributed by atoms with Crippen LogP contribution in [0.25, 0.3) is 0 Å². The first-order valence-corrected chi connectivity index (χ1v) is 17.8. The molecule has 0 radical (unpaired) electrons. The molecular formula is C33H49N4O7PS. The fourth-order valence-electron chi connectivity index (χ4n) is 4.73. The van der Waals surface area contributed by atoms with E-state index in [-0.39, 0.29) is 29.9 Å². The molecule has 0 bridgehead atoms. The number of primary amides is 1. The van der Waals surface area contributed by atoms with E-state index in [1.54, 1.807) is 56.4 Å². The molecule has 2 aromatic carbocycles. The van der Waals surface area contributed by atoms with Gasteiger partial charge in [-0.2, -0.15) is 0 Å². The molecule has 2 amide bonds. The Morgan fingerprint density at radius 3 is 2.39 bits per heavy atom. The van der Waals surface area contributed by atoms with E-state index in [1.807, 2.05) is 26.8 Å². The molecule has 11 nitrogen and oxygen atoms in total. The van der Waals surface area contributed by atoms with Crippen LogP contribution in [0.15, 0.2) is 53.4 Å². The summed E-state index contributed by atoms with van der Waals surface area (Å²) in [5, 5.41) is 16.1. The molecule has 0 saturated heterocycles. The van der Waals surface area contributed by atoms with Crippen molar-refractivity contribution in [3.8, 4) is 11.5 Å². The molecule has 46 heavy (non-hydrogen) atoms. The smallest absolute Gasteiger partial charge is 0.318 e. The number of amides is 2. The highest BCUT2D eigenvalue weighted by Gasteiger charge is 2.20. The lowest BCUT2D eigenvalue weighted by Crippen LogP contribution is -2.28. The zero-order valence-corrected chi connectivity index (χ0v) is 29.5. The Bertz CT molecular complexity index is 1290. The van der Waals surface area contributed by atoms with Gasteiger partial charge in [0.05, 0.1) is 31.2 Å². The van der Waals surface area contributed by atoms with Crippen LogP contribution in [0.4, 0.5) is 0 Å². The fraction of sp³-hybridized carbons (Fsp3) is 0.515. The number of rotatable bonds is 17. The van der Waals surface area contributed by atoms with E-state index in [4.69, 9.17) is 19.5 Å². The topological polar surface area (TPSA) is 155 Å². The number of benzene rings is 2. The molecule has 1 fully saturated rings. The van der Waals surface area contributed by atoms with Gasteiger partial charge in [-0.05, 0) is 86.8 Å². The molecule has 4 N–H and O–H groups in total. The average molecular weight is 677 g/mol. The van der Waals surface area contributed by atoms with Crippen LogP contribution in [-0.2, 0) is 15.7 Å². The lowest BCUT2D eigenvalue weighted by Gasteiger charge is -2.22. The number of carbonyl (C=O) groups excluding carboxylic acids is 2. The highest BCUT2D eigenvalue weighted by molar-refractivity contribution is 8.03. The fourth-order valence-corrected chi connectivity index (χ4v) is 6.45. The summed E-state index contributed by atoms with van der Waals surface area (Å²) in [6.07, 6.45) is 7.91. The molecule has 0 aliphatic heterocycles. The molecule has 254 valence electrons. The lowest BCUT2D eigenvalue weighted by molar-refractivity contribution is -0.490. The number of hydrogen-bond donors (Lipinski definition) is 3. The van der Waals surface area contributed by atoms with Crippen LogP contribution >= 0.6 is 20.3 Å². The molecule has 2 aromatic rings. The summed E-state index contributed by atoms with van der Waals surface area (Å²) >= 11 is 1.13. The first-order chi connectivity index (χ1) is 22.1. The van der Waals surface area contributed by atoms with E-state index in [2.05, 4.69) is 10.4 Å². The van der Waals surface area contributed by atoms with Gasteiger partial charge in [-0.3, -0.25) is 19.7 Å². The SMILES string of the molecule is C/C=C(/COP(NC)Oc1ccc(CC(=O)NC(C)c2ccc(OCC3CCCCC3)c(C(N)=O)c2)cc1)SC(C)[N+](=O)[O-].CC. The zero-order chi connectivity index (χ0) is 34.1. The minimum absolute atomic E-state index is 0.156. The van der Waals surface area contributed by atoms with Crippen molar-refractivity contribution in [2.24, 2.45) is 11.7 Å². The third kappa shape index (κ3) is 13.3. The average Bonchev–Trinajstić information content (AvgIpc) is 3.06. The largest absolute Gasteiger partial charge is 0.492 e. The van der Waals surface area contributed by atoms with Crippen molar-refractivity contribution in [1.29, 1.82) is 0 Å². The predicted molar refractivity (Wildman–Crippen MR) is 185 cm³/mol. The summed E-state index contributed by atoms with van der Waals surface area (Å²) in [5.74, 6) is 0.789. The van der Waals surface area contributed by atoms with E-state index < -0.39 is 19.8 Å². The molecule has 13 heteroatoms. The third-order valence-electron chi connectivity index (χ3n) is 7.27. The molecule has 0 aromatic heterocycles. The Hall–Kier alpha value is -3.18. The maximum Gasteiger partial charge on any atom is 0.318 e. The molecule has 3 rings (SSSR count). The van der Waals surface area contributed by atoms with Gasteiger partial charge in [0.2, 0.25) is 5.91 Å². The van der Waals surface area contributed by atoms with Gasteiger partial charge in [0.15, 0.2) is 0 Å². The molecular weight excluding hydrogens is 627 g/mol. The van der Waals surface area contributed by atoms with E-state index in [9.17, 15) is 19.7 Å². The standard InChI is InChI=1S/C31H43N4O7PS.C2H6/c1-5-27(44-22(3)35(38)39)20-41-43(33-4)42-26-14-11-23(12-15-26)17-30(36)34-21(2)25-13-16-29(28(18-25)31(32)37)40-19-24-9-7-6-8-10-24;1-2/h5,11-16,18,21-22,24,33H,6-10,17,19-20H2,1-4H3,(H2,32,37)(H,34,36);1-2H3/b27-5-;. The van der Waals surface area contributed by atoms with Crippen LogP contribution in [0, 0.1) is 16.0 Å². The number of nitrogens with two attached hydrogens (primary N) is 1. The number of nitrogens with zero attached hydrogens (tertiary/aromatic N) is 1. The summed E-state index contributed by atoms with van der Waals surface area (Å²) in [4.78, 5) is 36.3. The molecule has 3 unspecified atom stereocenters. The van der Waals surface area contributed by atoms with Crippen LogP contribution in [-0.4, -0.2) is 42.4 Å². The van der Waals surface area contributed by atoms with Crippen LogP contribution in [0.3, 0.4) is 0 Å². The van der Waals surface area contributed by atoms with Gasteiger partial charge in [0.1, 0.15) is 11.5 Å². The van der Waals surface area contributed by atoms with Gasteiger partial charge < -0.3 is 24.8 Å². The van der Waals surface area contributed by atoms with Gasteiger partial charge in [-0.25, -0.2) is 5.09 Å². The van der Waals surface area contributed by atoms with Gasteiger partial charge in [0.25, 0.3) is 11.3 Å². The number of carbonyl (C=O) groups is 2. The summed E-state index contributed by atoms with van der Waals surface area (Å²) in [6.45, 7) is 9.94. The Kier molecular flexibility index (Phi) is 17.7. The minimum atomic E-state index is -1.49. The first-order valence-electron chi connectivity index (χ1n) is 15.8. The van der Waals surface area contributed by atoms with Crippen LogP contribution in [0.1, 0.15) is 94.2 Å². The second-order valence-corrected chi connectivity index (χ2v) is 13.5. The minimum Gasteiger partial charge on any atom is -0.492 e. The Morgan fingerprint density at radius 2 is 1.80 bits per heavy atom. The maximum absolute atomic E-state index is 12.8. The number of allylic oxidation sites excluding steroid dienone is 1. The second kappa shape index (κ2) is 20.8. The van der Waals surface area contributed by atoms with Crippen molar-refractivity contribution >= 4 is 32.1 Å². The van der Waals surface area contributed by atoms with Crippen LogP contribution in [0.5, 0.6) is 11.5 Å². The van der Waals surface area contributed by atoms with Crippen molar-refractivity contribution < 1.29 is 28.3 Å². The molecule has 3 atom stereocenters. The Balaban J connectivity index is 0.00000361. The highest BCUT2D eigenvalue weighted by Crippen LogP contribution is 2.37. The summed E-state index contributed by atoms with van der Waals surface area (Å²) in [7, 11) is 0.218. The molecule has 1 aliphatic carbocycles. The van der Waals surface area contributed by atoms with Crippen molar-refractivity contribution in [1.82, 2.24) is 10.4 Å². The van der Waals surface area contributed by atoms with Gasteiger partial charge in [0, 0.05) is 16.8 Å². The molecule has 0 spiro atoms. The molecule has 0 heterocycles. The molecule has 1 saturated carbocycles. The van der Waals surface area contributed by atoms with Crippen molar-refractivity contribution in [2.75, 3.05) is 20.3 Å². The lowest BCUT2D eigenvalue weighted by atomic mass is 9.90. The highest BCUT2D eigenvalue weighted by atomic mass is 32.2. The normalized spacial score (nSPS) is 15.5. The predicted octanol–water partition coefficient (Wildman–Crippen LogP) is 7.29. The van der Waals surface area contributed by atoms with Crippen molar-refractivity contribution in [3.05, 3.63) is 80.3 Å². The van der Waals surface area contributed by atoms with E-state index in [1.165, 1.54) is 26.2 Å². The maximum atomic E-state index is 12.8. The second-order valence-electron chi connectivity index (χ2n) is 10.6. The van der Waals surface area contributed by atoms with Gasteiger partial charge in [-0.1, -0.05) is 57.4 Å². The zero-order valence-electron chi connectivity index (χ0n) is 27.7. The number of nitrogens with one attached hydrogen (secondary N) is 2. The first kappa shape index (κ1) is 39.0. The van der Waals surface area contributed by atoms with E-state index in [0.29, 0.717) is 29.6 Å². The molecule has 1 aliphatic rings. The van der Waals surface area contributed by atoms with Crippen LogP contribution in [0.2, 0.25) is 0 Å². The summed E-state index contributed by atoms with van der Waals surface area (Å²) in [5.41, 5.74) is 7.52. The monoisotopic (exact) mass is 676 g/mol. The van der Waals surface area contributed by atoms with Crippen molar-refractivity contribution in [2.45, 2.75) is 84.6 Å². The van der Waals surface area contributed by atoms with Crippen molar-refractivity contribution in [3.63, 3.8) is 0 Å². The number of nitro groups is 1. The van der Waals surface area contributed by atoms with E-state index in [0.717, 1.165) is 40.6 Å². The summed E-state index contributed by atoms with van der Waals surface area (Å²) in [6, 6.07) is 12.1. The number of ether oxygens (including phenoxy) is 1. The Morgan fingerprint density at radius 1 is 1.13 bits per heavy atom. The number of thioether (sulfide) groups is 1.